The molecule has 4 aromatic rings. The third-order valence-electron chi connectivity index (χ3n) is 6.67. The number of phenolic OH excluding ortho intramolecular Hbond substituents is 1. The Morgan fingerprint density at radius 1 is 1.10 bits per heavy atom. The maximum atomic E-state index is 14.3. The summed E-state index contributed by atoms with van der Waals surface area (Å²) in [4.78, 5) is 19.8. The number of phenols is 1. The van der Waals surface area contributed by atoms with Gasteiger partial charge in [-0.25, -0.2) is 9.37 Å². The second kappa shape index (κ2) is 11.6. The molecular formula is C30H32FN3O5. The molecule has 0 aliphatic rings. The molecular weight excluding hydrogens is 501 g/mol. The highest BCUT2D eigenvalue weighted by Crippen LogP contribution is 2.36. The number of imidazole rings is 1. The first-order valence-corrected chi connectivity index (χ1v) is 12.4. The normalized spacial score (nSPS) is 13.4. The molecule has 0 aliphatic carbocycles. The Morgan fingerprint density at radius 2 is 1.87 bits per heavy atom. The maximum absolute atomic E-state index is 14.3. The van der Waals surface area contributed by atoms with Gasteiger partial charge in [0.25, 0.3) is 5.91 Å². The Morgan fingerprint density at radius 3 is 2.51 bits per heavy atom. The van der Waals surface area contributed by atoms with Crippen molar-refractivity contribution in [2.45, 2.75) is 32.1 Å². The number of hydrogen-bond donors (Lipinski definition) is 1. The Hall–Kier alpha value is -4.37. The lowest BCUT2D eigenvalue weighted by Gasteiger charge is -2.35. The maximum Gasteiger partial charge on any atom is 0.256 e. The number of aryl methyl sites for hydroxylation is 1. The topological polar surface area (TPSA) is 86.0 Å². The Labute approximate surface area is 227 Å². The van der Waals surface area contributed by atoms with Crippen molar-refractivity contribution in [3.63, 3.8) is 0 Å². The molecule has 1 N–H and O–H groups in total. The summed E-state index contributed by atoms with van der Waals surface area (Å²) in [6.45, 7) is 3.57. The van der Waals surface area contributed by atoms with Gasteiger partial charge >= 0.3 is 0 Å². The highest BCUT2D eigenvalue weighted by molar-refractivity contribution is 5.96. The van der Waals surface area contributed by atoms with Crippen LogP contribution in [0.15, 0.2) is 79.3 Å². The molecule has 1 heterocycles. The standard InChI is InChI=1S/C30H32FN3O5/c1-20(39-30(2,28-17-32-19-33(28)3)22-8-6-9-23(31)14-22)29(36)34(24-10-7-11-25(35)15-24)18-21-12-13-26(37-4)16-27(21)38-5/h6-17,19-20,35H,18H2,1-5H3. The van der Waals surface area contributed by atoms with Crippen molar-refractivity contribution in [1.82, 2.24) is 9.55 Å². The fourth-order valence-corrected chi connectivity index (χ4v) is 4.61. The fourth-order valence-electron chi connectivity index (χ4n) is 4.61. The summed E-state index contributed by atoms with van der Waals surface area (Å²) in [6, 6.07) is 17.9. The summed E-state index contributed by atoms with van der Waals surface area (Å²) in [7, 11) is 4.92. The van der Waals surface area contributed by atoms with E-state index < -0.39 is 17.5 Å². The zero-order valence-electron chi connectivity index (χ0n) is 22.6. The van der Waals surface area contributed by atoms with Crippen LogP contribution in [0, 0.1) is 5.82 Å². The van der Waals surface area contributed by atoms with E-state index in [2.05, 4.69) is 4.98 Å². The molecule has 0 radical (unpaired) electrons. The van der Waals surface area contributed by atoms with Crippen LogP contribution in [0.1, 0.15) is 30.7 Å². The van der Waals surface area contributed by atoms with Gasteiger partial charge < -0.3 is 28.8 Å². The van der Waals surface area contributed by atoms with Gasteiger partial charge in [0, 0.05) is 30.4 Å². The van der Waals surface area contributed by atoms with Gasteiger partial charge in [-0.05, 0) is 55.8 Å². The lowest BCUT2D eigenvalue weighted by molar-refractivity contribution is -0.138. The number of benzene rings is 3. The molecule has 1 aromatic heterocycles. The molecule has 1 amide bonds. The molecule has 3 aromatic carbocycles. The molecule has 0 bridgehead atoms. The van der Waals surface area contributed by atoms with Crippen molar-refractivity contribution in [3.05, 3.63) is 102 Å². The van der Waals surface area contributed by atoms with Crippen molar-refractivity contribution >= 4 is 11.6 Å². The molecule has 39 heavy (non-hydrogen) atoms. The monoisotopic (exact) mass is 533 g/mol. The zero-order valence-corrected chi connectivity index (χ0v) is 22.6. The van der Waals surface area contributed by atoms with Crippen molar-refractivity contribution in [3.8, 4) is 17.2 Å². The molecule has 0 fully saturated rings. The number of hydrogen-bond acceptors (Lipinski definition) is 6. The van der Waals surface area contributed by atoms with Crippen LogP contribution in [-0.4, -0.2) is 40.9 Å². The average molecular weight is 534 g/mol. The number of anilines is 1. The van der Waals surface area contributed by atoms with E-state index in [4.69, 9.17) is 14.2 Å². The van der Waals surface area contributed by atoms with Crippen LogP contribution in [0.2, 0.25) is 0 Å². The fraction of sp³-hybridized carbons (Fsp3) is 0.267. The predicted molar refractivity (Wildman–Crippen MR) is 145 cm³/mol. The van der Waals surface area contributed by atoms with Crippen LogP contribution in [0.4, 0.5) is 10.1 Å². The summed E-state index contributed by atoms with van der Waals surface area (Å²) < 4.78 is 33.4. The smallest absolute Gasteiger partial charge is 0.256 e. The molecule has 0 saturated carbocycles. The van der Waals surface area contributed by atoms with E-state index in [1.165, 1.54) is 29.2 Å². The number of halogens is 1. The molecule has 8 nitrogen and oxygen atoms in total. The van der Waals surface area contributed by atoms with E-state index in [9.17, 15) is 14.3 Å². The largest absolute Gasteiger partial charge is 0.508 e. The molecule has 4 rings (SSSR count). The number of methoxy groups -OCH3 is 2. The van der Waals surface area contributed by atoms with Crippen molar-refractivity contribution in [1.29, 1.82) is 0 Å². The number of nitrogens with zero attached hydrogens (tertiary/aromatic N) is 3. The second-order valence-electron chi connectivity index (χ2n) is 9.32. The summed E-state index contributed by atoms with van der Waals surface area (Å²) in [5.74, 6) is 0.379. The molecule has 0 spiro atoms. The summed E-state index contributed by atoms with van der Waals surface area (Å²) in [6.07, 6.45) is 2.27. The number of carbonyl (C=O) groups excluding carboxylic acids is 1. The molecule has 2 atom stereocenters. The third-order valence-corrected chi connectivity index (χ3v) is 6.67. The van der Waals surface area contributed by atoms with Gasteiger partial charge in [0.05, 0.1) is 39.0 Å². The Balaban J connectivity index is 1.73. The van der Waals surface area contributed by atoms with Gasteiger partial charge in [0.2, 0.25) is 0 Å². The first-order chi connectivity index (χ1) is 18.7. The third kappa shape index (κ3) is 5.88. The molecule has 204 valence electrons. The van der Waals surface area contributed by atoms with Crippen molar-refractivity contribution < 1.29 is 28.5 Å². The molecule has 0 aliphatic heterocycles. The minimum Gasteiger partial charge on any atom is -0.508 e. The van der Waals surface area contributed by atoms with E-state index in [-0.39, 0.29) is 18.2 Å². The quantitative estimate of drug-likeness (QED) is 0.302. The highest BCUT2D eigenvalue weighted by Gasteiger charge is 2.38. The first kappa shape index (κ1) is 27.7. The van der Waals surface area contributed by atoms with Crippen molar-refractivity contribution in [2.24, 2.45) is 7.05 Å². The van der Waals surface area contributed by atoms with Crippen LogP contribution in [-0.2, 0) is 28.7 Å². The molecule has 2 unspecified atom stereocenters. The van der Waals surface area contributed by atoms with Gasteiger partial charge in [-0.1, -0.05) is 18.2 Å². The van der Waals surface area contributed by atoms with Crippen molar-refractivity contribution in [2.75, 3.05) is 19.1 Å². The number of rotatable bonds is 10. The first-order valence-electron chi connectivity index (χ1n) is 12.4. The van der Waals surface area contributed by atoms with Crippen LogP contribution < -0.4 is 14.4 Å². The summed E-state index contributed by atoms with van der Waals surface area (Å²) in [5, 5.41) is 10.2. The summed E-state index contributed by atoms with van der Waals surface area (Å²) in [5.41, 5.74) is 1.17. The lowest BCUT2D eigenvalue weighted by atomic mass is 9.91. The highest BCUT2D eigenvalue weighted by atomic mass is 19.1. The van der Waals surface area contributed by atoms with E-state index in [1.54, 1.807) is 81.6 Å². The number of ether oxygens (including phenoxy) is 3. The van der Waals surface area contributed by atoms with E-state index in [0.29, 0.717) is 28.4 Å². The van der Waals surface area contributed by atoms with E-state index >= 15 is 0 Å². The lowest BCUT2D eigenvalue weighted by Crippen LogP contribution is -2.43. The number of aromatic nitrogens is 2. The van der Waals surface area contributed by atoms with Crippen LogP contribution in [0.5, 0.6) is 17.2 Å². The Kier molecular flexibility index (Phi) is 8.21. The SMILES string of the molecule is COc1ccc(CN(C(=O)C(C)OC(C)(c2cccc(F)c2)c2cncn2C)c2cccc(O)c2)c(OC)c1. The molecule has 0 saturated heterocycles. The minimum atomic E-state index is -1.20. The van der Waals surface area contributed by atoms with Gasteiger partial charge in [0.1, 0.15) is 34.8 Å². The van der Waals surface area contributed by atoms with Gasteiger partial charge in [-0.3, -0.25) is 4.79 Å². The number of amides is 1. The average Bonchev–Trinajstić information content (AvgIpc) is 3.37. The number of aromatic hydroxyl groups is 1. The minimum absolute atomic E-state index is 0.0139. The van der Waals surface area contributed by atoms with Gasteiger partial charge in [0.15, 0.2) is 0 Å². The summed E-state index contributed by atoms with van der Waals surface area (Å²) >= 11 is 0. The second-order valence-corrected chi connectivity index (χ2v) is 9.32. The van der Waals surface area contributed by atoms with Crippen LogP contribution in [0.25, 0.3) is 0 Å². The van der Waals surface area contributed by atoms with Gasteiger partial charge in [-0.15, -0.1) is 0 Å². The predicted octanol–water partition coefficient (Wildman–Crippen LogP) is 5.18. The van der Waals surface area contributed by atoms with E-state index in [1.807, 2.05) is 13.1 Å². The van der Waals surface area contributed by atoms with Crippen LogP contribution in [0.3, 0.4) is 0 Å². The van der Waals surface area contributed by atoms with E-state index in [0.717, 1.165) is 5.56 Å². The Bertz CT molecular complexity index is 1460. The molecule has 9 heteroatoms. The van der Waals surface area contributed by atoms with Gasteiger partial charge in [-0.2, -0.15) is 0 Å². The zero-order chi connectivity index (χ0) is 28.2. The van der Waals surface area contributed by atoms with Crippen LogP contribution >= 0.6 is 0 Å². The number of carbonyl (C=O) groups is 1.